The smallest absolute Gasteiger partial charge is 0.254 e. The lowest BCUT2D eigenvalue weighted by molar-refractivity contribution is -0.132. The maximum atomic E-state index is 13.4. The van der Waals surface area contributed by atoms with Crippen molar-refractivity contribution in [2.75, 3.05) is 31.2 Å². The number of amides is 3. The van der Waals surface area contributed by atoms with Crippen LogP contribution in [0.2, 0.25) is 0 Å². The van der Waals surface area contributed by atoms with Crippen LogP contribution in [0.3, 0.4) is 0 Å². The van der Waals surface area contributed by atoms with Crippen molar-refractivity contribution in [3.05, 3.63) is 53.6 Å². The topological polar surface area (TPSA) is 88.2 Å². The Bertz CT molecular complexity index is 1250. The minimum atomic E-state index is -0.803. The SMILES string of the molecule is CC#CCN1C(=O)C(CCC(=O)N2CCCC2c2ccc3c(c2)OCCO3)NC(=O)c2ccccc21. The van der Waals surface area contributed by atoms with E-state index in [2.05, 4.69) is 17.2 Å². The highest BCUT2D eigenvalue weighted by Crippen LogP contribution is 2.38. The first-order valence-electron chi connectivity index (χ1n) is 12.4. The first kappa shape index (κ1) is 23.7. The van der Waals surface area contributed by atoms with Gasteiger partial charge in [-0.2, -0.15) is 0 Å². The molecule has 0 aliphatic carbocycles. The highest BCUT2D eigenvalue weighted by molar-refractivity contribution is 6.11. The Hall–Kier alpha value is -3.99. The molecule has 5 rings (SSSR count). The predicted octanol–water partition coefficient (Wildman–Crippen LogP) is 3.07. The normalized spacial score (nSPS) is 20.7. The van der Waals surface area contributed by atoms with E-state index in [1.165, 1.54) is 4.90 Å². The first-order valence-corrected chi connectivity index (χ1v) is 12.4. The summed E-state index contributed by atoms with van der Waals surface area (Å²) in [5.41, 5.74) is 1.98. The Morgan fingerprint density at radius 2 is 1.92 bits per heavy atom. The molecule has 1 N–H and O–H groups in total. The molecule has 0 bridgehead atoms. The van der Waals surface area contributed by atoms with Gasteiger partial charge in [0.25, 0.3) is 5.91 Å². The van der Waals surface area contributed by atoms with Crippen LogP contribution in [-0.4, -0.2) is 55.0 Å². The maximum Gasteiger partial charge on any atom is 0.254 e. The van der Waals surface area contributed by atoms with Crippen molar-refractivity contribution >= 4 is 23.4 Å². The first-order chi connectivity index (χ1) is 17.6. The maximum absolute atomic E-state index is 13.4. The zero-order chi connectivity index (χ0) is 25.1. The average Bonchev–Trinajstić information content (AvgIpc) is 3.37. The zero-order valence-corrected chi connectivity index (χ0v) is 20.3. The Balaban J connectivity index is 1.30. The van der Waals surface area contributed by atoms with E-state index in [1.54, 1.807) is 31.2 Å². The van der Waals surface area contributed by atoms with E-state index in [9.17, 15) is 14.4 Å². The number of carbonyl (C=O) groups excluding carboxylic acids is 3. The fraction of sp³-hybridized carbons (Fsp3) is 0.393. The largest absolute Gasteiger partial charge is 0.486 e. The number of hydrogen-bond acceptors (Lipinski definition) is 5. The summed E-state index contributed by atoms with van der Waals surface area (Å²) >= 11 is 0. The van der Waals surface area contributed by atoms with Crippen LogP contribution in [0.25, 0.3) is 0 Å². The number of carbonyl (C=O) groups is 3. The van der Waals surface area contributed by atoms with Gasteiger partial charge in [-0.3, -0.25) is 19.3 Å². The van der Waals surface area contributed by atoms with Gasteiger partial charge in [0, 0.05) is 13.0 Å². The Morgan fingerprint density at radius 1 is 1.11 bits per heavy atom. The molecule has 36 heavy (non-hydrogen) atoms. The van der Waals surface area contributed by atoms with Crippen LogP contribution in [0.4, 0.5) is 5.69 Å². The van der Waals surface area contributed by atoms with Gasteiger partial charge < -0.3 is 19.7 Å². The summed E-state index contributed by atoms with van der Waals surface area (Å²) in [4.78, 5) is 43.0. The number of benzene rings is 2. The molecule has 0 aromatic heterocycles. The molecule has 186 valence electrons. The number of likely N-dealkylation sites (tertiary alicyclic amines) is 1. The number of hydrogen-bond donors (Lipinski definition) is 1. The average molecular weight is 488 g/mol. The molecule has 2 atom stereocenters. The minimum Gasteiger partial charge on any atom is -0.486 e. The number of ether oxygens (including phenoxy) is 2. The van der Waals surface area contributed by atoms with Gasteiger partial charge in [-0.25, -0.2) is 0 Å². The van der Waals surface area contributed by atoms with Crippen LogP contribution < -0.4 is 19.7 Å². The fourth-order valence-electron chi connectivity index (χ4n) is 5.11. The highest BCUT2D eigenvalue weighted by atomic mass is 16.6. The van der Waals surface area contributed by atoms with Crippen LogP contribution in [0.1, 0.15) is 54.6 Å². The number of nitrogens with one attached hydrogen (secondary N) is 1. The van der Waals surface area contributed by atoms with Crippen molar-refractivity contribution in [1.82, 2.24) is 10.2 Å². The van der Waals surface area contributed by atoms with Gasteiger partial charge >= 0.3 is 0 Å². The van der Waals surface area contributed by atoms with Crippen molar-refractivity contribution in [2.45, 2.75) is 44.7 Å². The molecule has 3 aliphatic rings. The lowest BCUT2D eigenvalue weighted by atomic mass is 10.0. The van der Waals surface area contributed by atoms with Gasteiger partial charge in [0.05, 0.1) is 23.8 Å². The lowest BCUT2D eigenvalue weighted by Crippen LogP contribution is -2.46. The second-order valence-corrected chi connectivity index (χ2v) is 9.08. The monoisotopic (exact) mass is 487 g/mol. The van der Waals surface area contributed by atoms with Crippen LogP contribution in [0.5, 0.6) is 11.5 Å². The number of para-hydroxylation sites is 1. The van der Waals surface area contributed by atoms with Gasteiger partial charge in [0.2, 0.25) is 11.8 Å². The molecule has 0 spiro atoms. The molecule has 1 saturated heterocycles. The Morgan fingerprint density at radius 3 is 2.75 bits per heavy atom. The van der Waals surface area contributed by atoms with E-state index in [0.29, 0.717) is 36.8 Å². The standard InChI is InChI=1S/C28H29N3O5/c1-2-3-14-31-23-8-5-4-7-20(23)27(33)29-21(28(31)34)11-13-26(32)30-15-6-9-22(30)19-10-12-24-25(18-19)36-17-16-35-24/h4-5,7-8,10,12,18,21-22H,6,9,11,13-17H2,1H3,(H,29,33). The third-order valence-electron chi connectivity index (χ3n) is 6.89. The molecule has 3 heterocycles. The molecule has 8 nitrogen and oxygen atoms in total. The van der Waals surface area contributed by atoms with Crippen molar-refractivity contribution in [3.8, 4) is 23.3 Å². The van der Waals surface area contributed by atoms with Crippen molar-refractivity contribution < 1.29 is 23.9 Å². The number of rotatable bonds is 5. The molecule has 1 fully saturated rings. The van der Waals surface area contributed by atoms with Gasteiger partial charge in [0.1, 0.15) is 19.3 Å². The number of fused-ring (bicyclic) bond motifs is 2. The van der Waals surface area contributed by atoms with Crippen molar-refractivity contribution in [1.29, 1.82) is 0 Å². The quantitative estimate of drug-likeness (QED) is 0.655. The number of nitrogens with zero attached hydrogens (tertiary/aromatic N) is 2. The molecule has 8 heteroatoms. The second kappa shape index (κ2) is 10.3. The van der Waals surface area contributed by atoms with Crippen LogP contribution >= 0.6 is 0 Å². The summed E-state index contributed by atoms with van der Waals surface area (Å²) in [6.45, 7) is 3.60. The summed E-state index contributed by atoms with van der Waals surface area (Å²) in [5.74, 6) is 6.57. The van der Waals surface area contributed by atoms with E-state index < -0.39 is 6.04 Å². The molecule has 2 aromatic rings. The lowest BCUT2D eigenvalue weighted by Gasteiger charge is -2.28. The molecule has 3 aliphatic heterocycles. The van der Waals surface area contributed by atoms with Gasteiger partial charge in [-0.15, -0.1) is 5.92 Å². The summed E-state index contributed by atoms with van der Waals surface area (Å²) < 4.78 is 11.3. The molecule has 3 amide bonds. The van der Waals surface area contributed by atoms with Crippen LogP contribution in [0, 0.1) is 11.8 Å². The molecule has 2 aromatic carbocycles. The Kier molecular flexibility index (Phi) is 6.81. The summed E-state index contributed by atoms with van der Waals surface area (Å²) in [6.07, 6.45) is 2.14. The number of anilines is 1. The van der Waals surface area contributed by atoms with E-state index in [4.69, 9.17) is 9.47 Å². The second-order valence-electron chi connectivity index (χ2n) is 9.08. The summed E-state index contributed by atoms with van der Waals surface area (Å²) in [7, 11) is 0. The van der Waals surface area contributed by atoms with E-state index in [-0.39, 0.29) is 43.1 Å². The molecule has 0 radical (unpaired) electrons. The van der Waals surface area contributed by atoms with Gasteiger partial charge in [0.15, 0.2) is 11.5 Å². The van der Waals surface area contributed by atoms with Gasteiger partial charge in [-0.1, -0.05) is 24.1 Å². The van der Waals surface area contributed by atoms with Crippen molar-refractivity contribution in [3.63, 3.8) is 0 Å². The van der Waals surface area contributed by atoms with Gasteiger partial charge in [-0.05, 0) is 56.0 Å². The molecule has 2 unspecified atom stereocenters. The summed E-state index contributed by atoms with van der Waals surface area (Å²) in [5, 5.41) is 2.83. The van der Waals surface area contributed by atoms with Crippen LogP contribution in [0.15, 0.2) is 42.5 Å². The van der Waals surface area contributed by atoms with Crippen LogP contribution in [-0.2, 0) is 9.59 Å². The molecule has 0 saturated carbocycles. The minimum absolute atomic E-state index is 0.0314. The van der Waals surface area contributed by atoms with E-state index in [0.717, 1.165) is 24.2 Å². The summed E-state index contributed by atoms with van der Waals surface area (Å²) in [6, 6.07) is 12.0. The van der Waals surface area contributed by atoms with E-state index >= 15 is 0 Å². The van der Waals surface area contributed by atoms with Crippen molar-refractivity contribution in [2.24, 2.45) is 0 Å². The zero-order valence-electron chi connectivity index (χ0n) is 20.3. The predicted molar refractivity (Wildman–Crippen MR) is 134 cm³/mol. The van der Waals surface area contributed by atoms with E-state index in [1.807, 2.05) is 23.1 Å². The third-order valence-corrected chi connectivity index (χ3v) is 6.89. The molecular weight excluding hydrogens is 458 g/mol. The highest BCUT2D eigenvalue weighted by Gasteiger charge is 2.35. The molecular formula is C28H29N3O5. The fourth-order valence-corrected chi connectivity index (χ4v) is 5.11. The third kappa shape index (κ3) is 4.61. The Labute approximate surface area is 210 Å².